The number of fused-ring (bicyclic) bond motifs is 2. The number of hydrogen-bond acceptors (Lipinski definition) is 2. The Morgan fingerprint density at radius 2 is 2.12 bits per heavy atom. The molecular weight excluding hydrogens is 212 g/mol. The quantitative estimate of drug-likeness (QED) is 0.603. The number of rotatable bonds is 0. The summed E-state index contributed by atoms with van der Waals surface area (Å²) in [5.74, 6) is 2.33. The van der Waals surface area contributed by atoms with Gasteiger partial charge in [0.05, 0.1) is 5.92 Å². The van der Waals surface area contributed by atoms with Crippen LogP contribution < -0.4 is 0 Å². The van der Waals surface area contributed by atoms with Gasteiger partial charge in [0.25, 0.3) is 0 Å². The molecule has 0 aromatic rings. The van der Waals surface area contributed by atoms with Crippen LogP contribution in [0.5, 0.6) is 0 Å². The van der Waals surface area contributed by atoms with Gasteiger partial charge in [0.2, 0.25) is 0 Å². The van der Waals surface area contributed by atoms with Crippen LogP contribution in [0.2, 0.25) is 0 Å². The molecule has 0 aromatic carbocycles. The molecule has 3 rings (SSSR count). The minimum atomic E-state index is 0.0508. The van der Waals surface area contributed by atoms with E-state index < -0.39 is 0 Å². The number of ether oxygens (including phenoxy) is 1. The third-order valence-corrected chi connectivity index (χ3v) is 5.94. The van der Waals surface area contributed by atoms with Gasteiger partial charge in [-0.2, -0.15) is 0 Å². The molecule has 3 aliphatic rings. The third-order valence-electron chi connectivity index (χ3n) is 5.94. The van der Waals surface area contributed by atoms with Crippen LogP contribution in [0.3, 0.4) is 0 Å². The van der Waals surface area contributed by atoms with E-state index in [0.717, 1.165) is 18.3 Å². The minimum absolute atomic E-state index is 0.0508. The zero-order chi connectivity index (χ0) is 12.2. The van der Waals surface area contributed by atoms with Crippen LogP contribution in [0.25, 0.3) is 0 Å². The van der Waals surface area contributed by atoms with Crippen molar-refractivity contribution in [1.29, 1.82) is 0 Å². The monoisotopic (exact) mass is 236 g/mol. The molecule has 0 aromatic heterocycles. The number of carbonyl (C=O) groups is 1. The van der Waals surface area contributed by atoms with Crippen molar-refractivity contribution < 1.29 is 9.53 Å². The lowest BCUT2D eigenvalue weighted by Gasteiger charge is -2.51. The zero-order valence-corrected chi connectivity index (χ0v) is 11.2. The van der Waals surface area contributed by atoms with Gasteiger partial charge >= 0.3 is 5.97 Å². The predicted molar refractivity (Wildman–Crippen MR) is 66.4 cm³/mol. The second-order valence-electron chi connectivity index (χ2n) is 7.00. The Balaban J connectivity index is 1.86. The second-order valence-corrected chi connectivity index (χ2v) is 7.00. The first-order valence-electron chi connectivity index (χ1n) is 7.22. The molecule has 0 spiro atoms. The van der Waals surface area contributed by atoms with Crippen LogP contribution in [0.1, 0.15) is 52.9 Å². The molecule has 1 heterocycles. The third kappa shape index (κ3) is 1.63. The summed E-state index contributed by atoms with van der Waals surface area (Å²) in [4.78, 5) is 11.7. The summed E-state index contributed by atoms with van der Waals surface area (Å²) in [6.07, 6.45) is 6.62. The summed E-state index contributed by atoms with van der Waals surface area (Å²) < 4.78 is 5.59. The van der Waals surface area contributed by atoms with Gasteiger partial charge in [0.1, 0.15) is 6.10 Å². The largest absolute Gasteiger partial charge is 0.462 e. The summed E-state index contributed by atoms with van der Waals surface area (Å²) >= 11 is 0. The first-order chi connectivity index (χ1) is 8.01. The lowest BCUT2D eigenvalue weighted by Crippen LogP contribution is -2.46. The number of hydrogen-bond donors (Lipinski definition) is 0. The summed E-state index contributed by atoms with van der Waals surface area (Å²) in [5, 5.41) is 0. The molecule has 0 unspecified atom stereocenters. The van der Waals surface area contributed by atoms with Crippen molar-refractivity contribution in [3.8, 4) is 0 Å². The van der Waals surface area contributed by atoms with Crippen LogP contribution in [0.4, 0.5) is 0 Å². The molecule has 0 N–H and O–H groups in total. The maximum Gasteiger partial charge on any atom is 0.309 e. The molecule has 2 saturated carbocycles. The highest BCUT2D eigenvalue weighted by Crippen LogP contribution is 2.57. The van der Waals surface area contributed by atoms with E-state index in [9.17, 15) is 4.79 Å². The fourth-order valence-corrected chi connectivity index (χ4v) is 4.81. The van der Waals surface area contributed by atoms with Crippen molar-refractivity contribution in [2.75, 3.05) is 0 Å². The highest BCUT2D eigenvalue weighted by Gasteiger charge is 2.54. The normalized spacial score (nSPS) is 53.8. The van der Waals surface area contributed by atoms with Gasteiger partial charge in [-0.25, -0.2) is 0 Å². The molecule has 1 aliphatic heterocycles. The Labute approximate surface area is 104 Å². The first-order valence-corrected chi connectivity index (χ1v) is 7.22. The molecule has 2 aliphatic carbocycles. The molecule has 6 atom stereocenters. The number of esters is 1. The van der Waals surface area contributed by atoms with Crippen molar-refractivity contribution in [3.05, 3.63) is 0 Å². The standard InChI is InChI=1S/C15H24O2/c1-9-5-4-6-15(3)8-13-11(7-12(9)15)10(2)14(16)17-13/h9-13H,4-8H2,1-3H3/t9-,10+,11+,12+,13+,15+/m0/s1. The van der Waals surface area contributed by atoms with Crippen LogP contribution in [-0.2, 0) is 9.53 Å². The summed E-state index contributed by atoms with van der Waals surface area (Å²) in [5.41, 5.74) is 0.434. The highest BCUT2D eigenvalue weighted by molar-refractivity contribution is 5.74. The van der Waals surface area contributed by atoms with E-state index in [1.165, 1.54) is 25.7 Å². The fraction of sp³-hybridized carbons (Fsp3) is 0.933. The predicted octanol–water partition coefficient (Wildman–Crippen LogP) is 3.40. The maximum absolute atomic E-state index is 11.7. The average molecular weight is 236 g/mol. The topological polar surface area (TPSA) is 26.3 Å². The Kier molecular flexibility index (Phi) is 2.53. The molecule has 1 saturated heterocycles. The van der Waals surface area contributed by atoms with Gasteiger partial charge in [-0.05, 0) is 36.5 Å². The van der Waals surface area contributed by atoms with Crippen LogP contribution in [0.15, 0.2) is 0 Å². The van der Waals surface area contributed by atoms with E-state index in [2.05, 4.69) is 20.8 Å². The van der Waals surface area contributed by atoms with Crippen molar-refractivity contribution in [2.45, 2.75) is 59.0 Å². The fourth-order valence-electron chi connectivity index (χ4n) is 4.81. The maximum atomic E-state index is 11.7. The Morgan fingerprint density at radius 1 is 1.35 bits per heavy atom. The van der Waals surface area contributed by atoms with Crippen LogP contribution in [-0.4, -0.2) is 12.1 Å². The molecule has 96 valence electrons. The Bertz CT molecular complexity index is 338. The minimum Gasteiger partial charge on any atom is -0.462 e. The van der Waals surface area contributed by atoms with Gasteiger partial charge in [0, 0.05) is 5.92 Å². The lowest BCUT2D eigenvalue weighted by atomic mass is 9.54. The van der Waals surface area contributed by atoms with Crippen molar-refractivity contribution in [2.24, 2.45) is 29.1 Å². The van der Waals surface area contributed by atoms with E-state index in [1.807, 2.05) is 0 Å². The second kappa shape index (κ2) is 3.73. The molecule has 3 fully saturated rings. The van der Waals surface area contributed by atoms with E-state index >= 15 is 0 Å². The molecular formula is C15H24O2. The van der Waals surface area contributed by atoms with Crippen LogP contribution in [0, 0.1) is 29.1 Å². The SMILES string of the molecule is C[C@H]1CCC[C@]2(C)C[C@H]3OC(=O)[C@H](C)[C@H]3C[C@H]12. The van der Waals surface area contributed by atoms with Crippen molar-refractivity contribution in [1.82, 2.24) is 0 Å². The zero-order valence-electron chi connectivity index (χ0n) is 11.2. The molecule has 2 nitrogen and oxygen atoms in total. The summed E-state index contributed by atoms with van der Waals surface area (Å²) in [6, 6.07) is 0. The average Bonchev–Trinajstić information content (AvgIpc) is 2.52. The molecule has 17 heavy (non-hydrogen) atoms. The number of carbonyl (C=O) groups excluding carboxylic acids is 1. The Hall–Kier alpha value is -0.530. The molecule has 2 heteroatoms. The van der Waals surface area contributed by atoms with Gasteiger partial charge in [-0.3, -0.25) is 4.79 Å². The smallest absolute Gasteiger partial charge is 0.309 e. The Morgan fingerprint density at radius 3 is 2.88 bits per heavy atom. The highest BCUT2D eigenvalue weighted by atomic mass is 16.6. The molecule has 0 amide bonds. The summed E-state index contributed by atoms with van der Waals surface area (Å²) in [6.45, 7) is 6.90. The van der Waals surface area contributed by atoms with Gasteiger partial charge < -0.3 is 4.74 Å². The van der Waals surface area contributed by atoms with Gasteiger partial charge in [-0.15, -0.1) is 0 Å². The van der Waals surface area contributed by atoms with Crippen molar-refractivity contribution in [3.63, 3.8) is 0 Å². The molecule has 0 bridgehead atoms. The molecule has 0 radical (unpaired) electrons. The van der Waals surface area contributed by atoms with E-state index in [0.29, 0.717) is 11.3 Å². The van der Waals surface area contributed by atoms with E-state index in [-0.39, 0.29) is 18.0 Å². The van der Waals surface area contributed by atoms with Gasteiger partial charge in [0.15, 0.2) is 0 Å². The van der Waals surface area contributed by atoms with Crippen LogP contribution >= 0.6 is 0 Å². The van der Waals surface area contributed by atoms with Crippen molar-refractivity contribution >= 4 is 5.97 Å². The summed E-state index contributed by atoms with van der Waals surface area (Å²) in [7, 11) is 0. The lowest BCUT2D eigenvalue weighted by molar-refractivity contribution is -0.146. The first kappa shape index (κ1) is 11.6. The van der Waals surface area contributed by atoms with E-state index in [1.54, 1.807) is 0 Å². The van der Waals surface area contributed by atoms with E-state index in [4.69, 9.17) is 4.74 Å². The van der Waals surface area contributed by atoms with Gasteiger partial charge in [-0.1, -0.05) is 33.6 Å².